The number of rotatable bonds is 6. The van der Waals surface area contributed by atoms with E-state index in [1.54, 1.807) is 36.4 Å². The van der Waals surface area contributed by atoms with E-state index in [9.17, 15) is 20.2 Å². The highest BCUT2D eigenvalue weighted by Crippen LogP contribution is 2.28. The average molecular weight is 405 g/mol. The van der Waals surface area contributed by atoms with Crippen LogP contribution in [-0.2, 0) is 5.75 Å². The first-order valence-corrected chi connectivity index (χ1v) is 9.39. The molecule has 0 aliphatic rings. The number of carbonyl (C=O) groups excluding carboxylic acids is 1. The molecule has 0 unspecified atom stereocenters. The van der Waals surface area contributed by atoms with Crippen molar-refractivity contribution in [3.05, 3.63) is 87.5 Å². The van der Waals surface area contributed by atoms with E-state index in [1.807, 2.05) is 12.1 Å². The molecule has 0 radical (unpaired) electrons. The van der Waals surface area contributed by atoms with E-state index >= 15 is 0 Å². The SMILES string of the molecule is N#Cc1cc(C(=O)Nc2ccccc2)c(N)nc1SCc1ccc([N+](=O)[O-])cc1. The fourth-order valence-electron chi connectivity index (χ4n) is 2.47. The number of amides is 1. The van der Waals surface area contributed by atoms with Gasteiger partial charge in [0.25, 0.3) is 11.6 Å². The number of carbonyl (C=O) groups is 1. The van der Waals surface area contributed by atoms with E-state index in [1.165, 1.54) is 30.0 Å². The van der Waals surface area contributed by atoms with Crippen LogP contribution in [0.5, 0.6) is 0 Å². The summed E-state index contributed by atoms with van der Waals surface area (Å²) in [6, 6.07) is 18.4. The highest BCUT2D eigenvalue weighted by atomic mass is 32.2. The third kappa shape index (κ3) is 4.88. The minimum atomic E-state index is -0.466. The average Bonchev–Trinajstić information content (AvgIpc) is 2.73. The van der Waals surface area contributed by atoms with Crippen LogP contribution in [0.15, 0.2) is 65.7 Å². The Labute approximate surface area is 170 Å². The molecule has 8 nitrogen and oxygen atoms in total. The number of nitrogen functional groups attached to an aromatic ring is 1. The molecule has 1 amide bonds. The molecule has 144 valence electrons. The van der Waals surface area contributed by atoms with Crippen molar-refractivity contribution in [3.8, 4) is 6.07 Å². The number of non-ortho nitro benzene ring substituents is 1. The van der Waals surface area contributed by atoms with Gasteiger partial charge in [0.1, 0.15) is 16.9 Å². The molecule has 1 heterocycles. The fraction of sp³-hybridized carbons (Fsp3) is 0.0500. The maximum atomic E-state index is 12.5. The molecule has 3 aromatic rings. The lowest BCUT2D eigenvalue weighted by atomic mass is 10.2. The summed E-state index contributed by atoms with van der Waals surface area (Å²) < 4.78 is 0. The van der Waals surface area contributed by atoms with Gasteiger partial charge in [0.2, 0.25) is 0 Å². The molecule has 3 N–H and O–H groups in total. The summed E-state index contributed by atoms with van der Waals surface area (Å²) in [5, 5.41) is 23.3. The minimum absolute atomic E-state index is 0.00705. The molecule has 0 atom stereocenters. The third-order valence-corrected chi connectivity index (χ3v) is 5.00. The van der Waals surface area contributed by atoms with Crippen LogP contribution < -0.4 is 11.1 Å². The zero-order chi connectivity index (χ0) is 20.8. The van der Waals surface area contributed by atoms with Gasteiger partial charge in [0, 0.05) is 23.6 Å². The molecule has 0 saturated carbocycles. The summed E-state index contributed by atoms with van der Waals surface area (Å²) in [4.78, 5) is 27.0. The number of nitrogens with zero attached hydrogens (tertiary/aromatic N) is 3. The first-order chi connectivity index (χ1) is 14.0. The number of aromatic nitrogens is 1. The van der Waals surface area contributed by atoms with Gasteiger partial charge in [-0.15, -0.1) is 11.8 Å². The zero-order valence-corrected chi connectivity index (χ0v) is 15.8. The first-order valence-electron chi connectivity index (χ1n) is 8.41. The quantitative estimate of drug-likeness (QED) is 0.359. The van der Waals surface area contributed by atoms with Crippen molar-refractivity contribution in [2.75, 3.05) is 11.1 Å². The van der Waals surface area contributed by atoms with Crippen molar-refractivity contribution in [2.24, 2.45) is 0 Å². The zero-order valence-electron chi connectivity index (χ0n) is 15.0. The number of anilines is 2. The van der Waals surface area contributed by atoms with E-state index in [-0.39, 0.29) is 22.6 Å². The highest BCUT2D eigenvalue weighted by Gasteiger charge is 2.16. The Morgan fingerprint density at radius 3 is 2.52 bits per heavy atom. The van der Waals surface area contributed by atoms with Gasteiger partial charge in [-0.1, -0.05) is 30.3 Å². The molecule has 0 aliphatic carbocycles. The maximum Gasteiger partial charge on any atom is 0.269 e. The monoisotopic (exact) mass is 405 g/mol. The second kappa shape index (κ2) is 8.86. The van der Waals surface area contributed by atoms with Crippen LogP contribution in [0.3, 0.4) is 0 Å². The fourth-order valence-corrected chi connectivity index (χ4v) is 3.39. The van der Waals surface area contributed by atoms with Gasteiger partial charge in [0.15, 0.2) is 0 Å². The normalized spacial score (nSPS) is 10.2. The Morgan fingerprint density at radius 1 is 1.21 bits per heavy atom. The number of hydrogen-bond acceptors (Lipinski definition) is 7. The van der Waals surface area contributed by atoms with Crippen molar-refractivity contribution in [3.63, 3.8) is 0 Å². The summed E-state index contributed by atoms with van der Waals surface area (Å²) in [7, 11) is 0. The molecule has 0 bridgehead atoms. The van der Waals surface area contributed by atoms with E-state index in [2.05, 4.69) is 10.3 Å². The standard InChI is InChI=1S/C20H15N5O3S/c21-11-14-10-17(19(26)23-15-4-2-1-3-5-15)18(22)24-20(14)29-12-13-6-8-16(9-7-13)25(27)28/h1-10H,12H2,(H2,22,24)(H,23,26). The molecule has 0 saturated heterocycles. The number of nitro groups is 1. The van der Waals surface area contributed by atoms with Crippen LogP contribution in [0.25, 0.3) is 0 Å². The van der Waals surface area contributed by atoms with Crippen LogP contribution in [-0.4, -0.2) is 15.8 Å². The number of nitriles is 1. The molecule has 0 aliphatic heterocycles. The molecular weight excluding hydrogens is 390 g/mol. The number of thioether (sulfide) groups is 1. The molecule has 2 aromatic carbocycles. The van der Waals surface area contributed by atoms with Crippen molar-refractivity contribution in [1.29, 1.82) is 5.26 Å². The number of nitrogens with one attached hydrogen (secondary N) is 1. The Kier molecular flexibility index (Phi) is 6.06. The van der Waals surface area contributed by atoms with E-state index < -0.39 is 10.8 Å². The van der Waals surface area contributed by atoms with E-state index in [4.69, 9.17) is 5.73 Å². The van der Waals surface area contributed by atoms with Gasteiger partial charge in [-0.25, -0.2) is 4.98 Å². The summed E-state index contributed by atoms with van der Waals surface area (Å²) in [5.74, 6) is 0.00235. The molecular formula is C20H15N5O3S. The lowest BCUT2D eigenvalue weighted by Gasteiger charge is -2.10. The highest BCUT2D eigenvalue weighted by molar-refractivity contribution is 7.98. The predicted octanol–water partition coefficient (Wildman–Crippen LogP) is 3.99. The summed E-state index contributed by atoms with van der Waals surface area (Å²) in [6.07, 6.45) is 0. The number of para-hydroxylation sites is 1. The molecule has 1 aromatic heterocycles. The Bertz CT molecular complexity index is 1100. The van der Waals surface area contributed by atoms with Crippen LogP contribution in [0.2, 0.25) is 0 Å². The Hall–Kier alpha value is -3.90. The second-order valence-corrected chi connectivity index (χ2v) is 6.88. The van der Waals surface area contributed by atoms with Crippen LogP contribution in [0.1, 0.15) is 21.5 Å². The summed E-state index contributed by atoms with van der Waals surface area (Å²) in [5.41, 5.74) is 7.73. The molecule has 0 spiro atoms. The van der Waals surface area contributed by atoms with Crippen LogP contribution in [0.4, 0.5) is 17.2 Å². The smallest absolute Gasteiger partial charge is 0.269 e. The number of hydrogen-bond donors (Lipinski definition) is 2. The van der Waals surface area contributed by atoms with Gasteiger partial charge < -0.3 is 11.1 Å². The maximum absolute atomic E-state index is 12.5. The van der Waals surface area contributed by atoms with Gasteiger partial charge in [0.05, 0.1) is 16.1 Å². The molecule has 9 heteroatoms. The molecule has 29 heavy (non-hydrogen) atoms. The van der Waals surface area contributed by atoms with Gasteiger partial charge in [-0.2, -0.15) is 5.26 Å². The first kappa shape index (κ1) is 19.9. The Morgan fingerprint density at radius 2 is 1.90 bits per heavy atom. The predicted molar refractivity (Wildman–Crippen MR) is 110 cm³/mol. The summed E-state index contributed by atoms with van der Waals surface area (Å²) >= 11 is 1.26. The van der Waals surface area contributed by atoms with Crippen LogP contribution >= 0.6 is 11.8 Å². The largest absolute Gasteiger partial charge is 0.383 e. The number of benzene rings is 2. The van der Waals surface area contributed by atoms with Crippen molar-refractivity contribution < 1.29 is 9.72 Å². The number of nitro benzene ring substituents is 1. The number of nitrogens with two attached hydrogens (primary N) is 1. The van der Waals surface area contributed by atoms with Crippen molar-refractivity contribution in [2.45, 2.75) is 10.8 Å². The van der Waals surface area contributed by atoms with Gasteiger partial charge in [-0.3, -0.25) is 14.9 Å². The van der Waals surface area contributed by atoms with Crippen LogP contribution in [0, 0.1) is 21.4 Å². The molecule has 3 rings (SSSR count). The van der Waals surface area contributed by atoms with E-state index in [0.29, 0.717) is 16.5 Å². The molecule has 0 fully saturated rings. The second-order valence-electron chi connectivity index (χ2n) is 5.92. The third-order valence-electron chi connectivity index (χ3n) is 3.94. The number of pyridine rings is 1. The van der Waals surface area contributed by atoms with Gasteiger partial charge in [-0.05, 0) is 23.8 Å². The lowest BCUT2D eigenvalue weighted by Crippen LogP contribution is -2.15. The van der Waals surface area contributed by atoms with Gasteiger partial charge >= 0.3 is 0 Å². The Balaban J connectivity index is 1.76. The lowest BCUT2D eigenvalue weighted by molar-refractivity contribution is -0.384. The van der Waals surface area contributed by atoms with Crippen molar-refractivity contribution >= 4 is 34.9 Å². The van der Waals surface area contributed by atoms with Crippen molar-refractivity contribution in [1.82, 2.24) is 4.98 Å². The van der Waals surface area contributed by atoms with E-state index in [0.717, 1.165) is 5.56 Å². The summed E-state index contributed by atoms with van der Waals surface area (Å²) in [6.45, 7) is 0. The minimum Gasteiger partial charge on any atom is -0.383 e. The topological polar surface area (TPSA) is 135 Å².